The molecule has 16 heteroatoms. The smallest absolute Gasteiger partial charge is 0.319 e. The van der Waals surface area contributed by atoms with Crippen molar-refractivity contribution in [2.75, 3.05) is 18.4 Å². The van der Waals surface area contributed by atoms with Crippen LogP contribution >= 0.6 is 0 Å². The third-order valence-electron chi connectivity index (χ3n) is 7.32. The minimum atomic E-state index is -5.79. The second-order valence-corrected chi connectivity index (χ2v) is 10.1. The molecule has 0 bridgehead atoms. The molecular weight excluding hydrogens is 579 g/mol. The highest BCUT2D eigenvalue weighted by atomic mass is 19.4. The number of nitrogens with zero attached hydrogens (tertiary/aromatic N) is 1. The molecule has 1 saturated heterocycles. The van der Waals surface area contributed by atoms with Crippen molar-refractivity contribution in [1.82, 2.24) is 4.90 Å². The Morgan fingerprint density at radius 1 is 0.725 bits per heavy atom. The minimum absolute atomic E-state index is 0.00735. The first kappa shape index (κ1) is 29.9. The number of piperidine rings is 1. The zero-order chi connectivity index (χ0) is 30.3. The molecule has 0 radical (unpaired) electrons. The van der Waals surface area contributed by atoms with Crippen molar-refractivity contribution in [2.45, 2.75) is 43.8 Å². The zero-order valence-electron chi connectivity index (χ0n) is 20.1. The highest BCUT2D eigenvalue weighted by Gasteiger charge is 2.59. The summed E-state index contributed by atoms with van der Waals surface area (Å²) in [5, 5.41) is 1.55. The van der Waals surface area contributed by atoms with Crippen molar-refractivity contribution in [3.8, 4) is 0 Å². The van der Waals surface area contributed by atoms with Crippen LogP contribution in [-0.4, -0.2) is 29.4 Å². The van der Waals surface area contributed by atoms with Crippen LogP contribution in [0.2, 0.25) is 0 Å². The number of fused-ring (bicyclic) bond motifs is 1. The number of hydrogen-bond donors (Lipinski definition) is 1. The quantitative estimate of drug-likeness (QED) is 0.296. The Hall–Kier alpha value is -3.04. The number of halogens is 13. The molecule has 2 unspecified atom stereocenters. The Morgan fingerprint density at radius 3 is 1.52 bits per heavy atom. The van der Waals surface area contributed by atoms with Gasteiger partial charge in [0.05, 0.1) is 16.7 Å². The van der Waals surface area contributed by atoms with Crippen LogP contribution in [0.4, 0.5) is 62.8 Å². The van der Waals surface area contributed by atoms with Crippen molar-refractivity contribution >= 4 is 11.6 Å². The fourth-order valence-electron chi connectivity index (χ4n) is 5.05. The lowest BCUT2D eigenvalue weighted by Gasteiger charge is -2.36. The minimum Gasteiger partial charge on any atom is -0.319 e. The summed E-state index contributed by atoms with van der Waals surface area (Å²) in [6.07, 6.45) is -15.9. The second-order valence-electron chi connectivity index (χ2n) is 10.1. The summed E-state index contributed by atoms with van der Waals surface area (Å²) in [7, 11) is 0. The van der Waals surface area contributed by atoms with Crippen LogP contribution in [0.15, 0.2) is 18.2 Å². The van der Waals surface area contributed by atoms with Crippen molar-refractivity contribution in [3.63, 3.8) is 0 Å². The van der Waals surface area contributed by atoms with Gasteiger partial charge in [0.2, 0.25) is 5.91 Å². The van der Waals surface area contributed by atoms with E-state index in [4.69, 9.17) is 0 Å². The number of rotatable bonds is 4. The summed E-state index contributed by atoms with van der Waals surface area (Å²) in [4.78, 5) is 14.2. The van der Waals surface area contributed by atoms with Crippen molar-refractivity contribution < 1.29 is 61.9 Å². The largest absolute Gasteiger partial charge is 0.422 e. The van der Waals surface area contributed by atoms with Gasteiger partial charge in [-0.15, -0.1) is 0 Å². The molecule has 2 atom stereocenters. The van der Waals surface area contributed by atoms with Crippen LogP contribution in [0.3, 0.4) is 0 Å². The molecule has 4 rings (SSSR count). The number of carbonyl (C=O) groups excluding carboxylic acids is 1. The number of carbonyl (C=O) groups is 1. The van der Waals surface area contributed by atoms with Gasteiger partial charge in [0.15, 0.2) is 23.3 Å². The van der Waals surface area contributed by atoms with E-state index in [1.54, 1.807) is 5.32 Å². The third kappa shape index (κ3) is 5.09. The lowest BCUT2D eigenvalue weighted by Crippen LogP contribution is -2.52. The van der Waals surface area contributed by atoms with Gasteiger partial charge in [0.25, 0.3) is 0 Å². The number of hydrogen-bond acceptors (Lipinski definition) is 2. The third-order valence-corrected chi connectivity index (χ3v) is 7.32. The first-order valence-corrected chi connectivity index (χ1v) is 11.4. The summed E-state index contributed by atoms with van der Waals surface area (Å²) >= 11 is 0. The van der Waals surface area contributed by atoms with Crippen LogP contribution in [0.25, 0.3) is 0 Å². The van der Waals surface area contributed by atoms with Gasteiger partial charge in [-0.3, -0.25) is 9.69 Å². The summed E-state index contributed by atoms with van der Waals surface area (Å²) in [5.41, 5.74) is -9.53. The second kappa shape index (κ2) is 9.24. The Bertz CT molecular complexity index is 1290. The predicted octanol–water partition coefficient (Wildman–Crippen LogP) is 7.36. The molecule has 1 aliphatic carbocycles. The van der Waals surface area contributed by atoms with Gasteiger partial charge >= 0.3 is 18.5 Å². The van der Waals surface area contributed by atoms with Crippen LogP contribution in [-0.2, 0) is 23.3 Å². The standard InChI is InChI=1S/C24H17F13N2O/c1-21(2,20(40)38-19-17(27)15(25)14(24(35,36)37)16(26)18(19)28)39-6-11-12(7-39)13(11)8-3-9(22(29,30)31)5-10(4-8)23(32,33)34/h3-5,11-13H,6-7H2,1-2H3,(H,38,40). The predicted molar refractivity (Wildman–Crippen MR) is 112 cm³/mol. The van der Waals surface area contributed by atoms with E-state index in [9.17, 15) is 61.9 Å². The number of likely N-dealkylation sites (tertiary alicyclic amines) is 1. The SMILES string of the molecule is CC(C)(C(=O)Nc1c(F)c(F)c(C(F)(F)F)c(F)c1F)N1CC2C(C1)C2c1cc(C(F)(F)F)cc(C(F)(F)F)c1. The van der Waals surface area contributed by atoms with E-state index in [2.05, 4.69) is 0 Å². The van der Waals surface area contributed by atoms with E-state index in [1.807, 2.05) is 0 Å². The van der Waals surface area contributed by atoms with E-state index in [-0.39, 0.29) is 24.7 Å². The number of anilines is 1. The molecule has 220 valence electrons. The molecule has 1 heterocycles. The maximum Gasteiger partial charge on any atom is 0.422 e. The molecule has 3 nitrogen and oxygen atoms in total. The highest BCUT2D eigenvalue weighted by Crippen LogP contribution is 2.60. The van der Waals surface area contributed by atoms with E-state index in [0.717, 1.165) is 0 Å². The van der Waals surface area contributed by atoms with Crippen LogP contribution in [0.5, 0.6) is 0 Å². The molecule has 40 heavy (non-hydrogen) atoms. The van der Waals surface area contributed by atoms with E-state index < -0.39 is 93.4 Å². The molecule has 2 aromatic carbocycles. The summed E-state index contributed by atoms with van der Waals surface area (Å²) < 4.78 is 174. The summed E-state index contributed by atoms with van der Waals surface area (Å²) in [6.45, 7) is 2.27. The lowest BCUT2D eigenvalue weighted by molar-refractivity contribution is -0.144. The number of benzene rings is 2. The monoisotopic (exact) mass is 596 g/mol. The van der Waals surface area contributed by atoms with E-state index in [1.165, 1.54) is 18.7 Å². The zero-order valence-corrected chi connectivity index (χ0v) is 20.1. The van der Waals surface area contributed by atoms with E-state index in [0.29, 0.717) is 12.1 Å². The lowest BCUT2D eigenvalue weighted by atomic mass is 9.97. The molecule has 1 amide bonds. The normalized spacial score (nSPS) is 21.9. The maximum absolute atomic E-state index is 14.2. The number of amides is 1. The molecule has 0 aromatic heterocycles. The fourth-order valence-corrected chi connectivity index (χ4v) is 5.05. The average molecular weight is 596 g/mol. The molecular formula is C24H17F13N2O. The van der Waals surface area contributed by atoms with Gasteiger partial charge < -0.3 is 5.32 Å². The van der Waals surface area contributed by atoms with Gasteiger partial charge in [-0.1, -0.05) is 0 Å². The van der Waals surface area contributed by atoms with Crippen LogP contribution in [0, 0.1) is 35.1 Å². The number of nitrogens with one attached hydrogen (secondary N) is 1. The Morgan fingerprint density at radius 2 is 1.15 bits per heavy atom. The van der Waals surface area contributed by atoms with Gasteiger partial charge in [0, 0.05) is 13.1 Å². The van der Waals surface area contributed by atoms with E-state index >= 15 is 0 Å². The number of alkyl halides is 9. The van der Waals surface area contributed by atoms with Crippen molar-refractivity contribution in [2.24, 2.45) is 11.8 Å². The van der Waals surface area contributed by atoms with Gasteiger partial charge in [-0.25, -0.2) is 17.6 Å². The highest BCUT2D eigenvalue weighted by molar-refractivity contribution is 5.97. The molecule has 1 aliphatic heterocycles. The van der Waals surface area contributed by atoms with Gasteiger partial charge in [-0.2, -0.15) is 39.5 Å². The summed E-state index contributed by atoms with van der Waals surface area (Å²) in [5.74, 6) is -13.5. The molecule has 2 fully saturated rings. The topological polar surface area (TPSA) is 32.3 Å². The molecule has 2 aromatic rings. The Kier molecular flexibility index (Phi) is 6.92. The molecule has 0 spiro atoms. The Balaban J connectivity index is 1.53. The average Bonchev–Trinajstić information content (AvgIpc) is 3.30. The molecule has 2 aliphatic rings. The molecule has 1 N–H and O–H groups in total. The van der Waals surface area contributed by atoms with Gasteiger partial charge in [0.1, 0.15) is 11.3 Å². The summed E-state index contributed by atoms with van der Waals surface area (Å²) in [6, 6.07) is 1.21. The van der Waals surface area contributed by atoms with Crippen molar-refractivity contribution in [3.05, 3.63) is 63.7 Å². The van der Waals surface area contributed by atoms with Crippen molar-refractivity contribution in [1.29, 1.82) is 0 Å². The van der Waals surface area contributed by atoms with Crippen LogP contribution in [0.1, 0.15) is 42.0 Å². The molecule has 1 saturated carbocycles. The maximum atomic E-state index is 14.2. The van der Waals surface area contributed by atoms with Crippen LogP contribution < -0.4 is 5.32 Å². The Labute approximate surface area is 216 Å². The first-order valence-electron chi connectivity index (χ1n) is 11.4. The van der Waals surface area contributed by atoms with Gasteiger partial charge in [-0.05, 0) is 55.4 Å². The first-order chi connectivity index (χ1) is 18.1. The fraction of sp³-hybridized carbons (Fsp3) is 0.458.